The quantitative estimate of drug-likeness (QED) is 0.558. The number of carbonyl (C=O) groups is 1. The molecular weight excluding hydrogens is 436 g/mol. The van der Waals surface area contributed by atoms with E-state index in [1.165, 1.54) is 22.3 Å². The molecule has 1 N–H and O–H groups in total. The standard InChI is InChI=1S/C30H40N2O3/c1-18(2)34-27-19(3)13-23(14-20(27)4)22-7-8-25-24(15-22)16-30(5,6)28(25)31-29(33)35-26-17-32-11-9-21(26)10-12-32/h7-8,13-15,18,21,26,28H,9-12,16-17H2,1-6H3,(H,31,33)/t26-,28?/m1/s1. The lowest BCUT2D eigenvalue weighted by molar-refractivity contribution is -0.0348. The fraction of sp³-hybridized carbons (Fsp3) is 0.567. The van der Waals surface area contributed by atoms with Gasteiger partial charge in [-0.15, -0.1) is 0 Å². The van der Waals surface area contributed by atoms with Gasteiger partial charge in [0.05, 0.1) is 12.1 Å². The minimum Gasteiger partial charge on any atom is -0.490 e. The lowest BCUT2D eigenvalue weighted by Crippen LogP contribution is -2.53. The van der Waals surface area contributed by atoms with Crippen LogP contribution in [0.15, 0.2) is 30.3 Å². The van der Waals surface area contributed by atoms with Gasteiger partial charge >= 0.3 is 6.09 Å². The van der Waals surface area contributed by atoms with Crippen molar-refractivity contribution in [2.45, 2.75) is 79.1 Å². The van der Waals surface area contributed by atoms with Crippen LogP contribution in [0.25, 0.3) is 11.1 Å². The summed E-state index contributed by atoms with van der Waals surface area (Å²) in [5.41, 5.74) is 7.16. The first-order valence-electron chi connectivity index (χ1n) is 13.2. The summed E-state index contributed by atoms with van der Waals surface area (Å²) in [4.78, 5) is 15.4. The molecule has 6 rings (SSSR count). The zero-order valence-electron chi connectivity index (χ0n) is 22.1. The zero-order valence-corrected chi connectivity index (χ0v) is 22.1. The maximum atomic E-state index is 12.9. The summed E-state index contributed by atoms with van der Waals surface area (Å²) in [6.07, 6.45) is 3.11. The van der Waals surface area contributed by atoms with Crippen LogP contribution in [0.1, 0.15) is 68.8 Å². The lowest BCUT2D eigenvalue weighted by atomic mass is 9.85. The third kappa shape index (κ3) is 4.80. The van der Waals surface area contributed by atoms with Crippen LogP contribution in [-0.2, 0) is 11.2 Å². The number of ether oxygens (including phenoxy) is 2. The van der Waals surface area contributed by atoms with Crippen molar-refractivity contribution in [1.82, 2.24) is 10.2 Å². The normalized spacial score (nSPS) is 26.5. The van der Waals surface area contributed by atoms with Gasteiger partial charge in [-0.25, -0.2) is 4.79 Å². The monoisotopic (exact) mass is 476 g/mol. The van der Waals surface area contributed by atoms with Crippen molar-refractivity contribution in [3.8, 4) is 16.9 Å². The molecule has 0 saturated carbocycles. The van der Waals surface area contributed by atoms with E-state index in [4.69, 9.17) is 9.47 Å². The van der Waals surface area contributed by atoms with Crippen LogP contribution in [0.4, 0.5) is 4.79 Å². The van der Waals surface area contributed by atoms with Gasteiger partial charge < -0.3 is 14.8 Å². The van der Waals surface area contributed by atoms with Crippen molar-refractivity contribution in [1.29, 1.82) is 0 Å². The summed E-state index contributed by atoms with van der Waals surface area (Å²) in [7, 11) is 0. The first-order chi connectivity index (χ1) is 16.6. The van der Waals surface area contributed by atoms with E-state index in [1.807, 2.05) is 0 Å². The van der Waals surface area contributed by atoms with E-state index in [0.717, 1.165) is 55.8 Å². The Labute approximate surface area is 210 Å². The van der Waals surface area contributed by atoms with Gasteiger partial charge in [-0.05, 0) is 117 Å². The van der Waals surface area contributed by atoms with Gasteiger partial charge in [0.25, 0.3) is 0 Å². The summed E-state index contributed by atoms with van der Waals surface area (Å²) in [5.74, 6) is 1.50. The molecule has 2 bridgehead atoms. The number of hydrogen-bond acceptors (Lipinski definition) is 4. The molecule has 1 amide bonds. The van der Waals surface area contributed by atoms with Gasteiger partial charge in [-0.3, -0.25) is 4.90 Å². The number of fused-ring (bicyclic) bond motifs is 4. The Morgan fingerprint density at radius 2 is 1.74 bits per heavy atom. The molecule has 0 spiro atoms. The molecule has 4 aliphatic rings. The van der Waals surface area contributed by atoms with Crippen molar-refractivity contribution < 1.29 is 14.3 Å². The number of aryl methyl sites for hydroxylation is 2. The Morgan fingerprint density at radius 3 is 2.34 bits per heavy atom. The van der Waals surface area contributed by atoms with Crippen LogP contribution >= 0.6 is 0 Å². The Balaban J connectivity index is 1.34. The summed E-state index contributed by atoms with van der Waals surface area (Å²) in [6.45, 7) is 16.0. The molecule has 0 radical (unpaired) electrons. The third-order valence-electron chi connectivity index (χ3n) is 8.15. The third-order valence-corrected chi connectivity index (χ3v) is 8.15. The number of nitrogens with one attached hydrogen (secondary N) is 1. The zero-order chi connectivity index (χ0) is 24.9. The summed E-state index contributed by atoms with van der Waals surface area (Å²) in [6, 6.07) is 11.1. The number of piperidine rings is 3. The highest BCUT2D eigenvalue weighted by atomic mass is 16.6. The molecule has 2 atom stereocenters. The number of benzene rings is 2. The molecule has 3 saturated heterocycles. The van der Waals surface area contributed by atoms with E-state index in [1.54, 1.807) is 0 Å². The second-order valence-corrected chi connectivity index (χ2v) is 11.8. The van der Waals surface area contributed by atoms with E-state index < -0.39 is 0 Å². The van der Waals surface area contributed by atoms with E-state index >= 15 is 0 Å². The van der Waals surface area contributed by atoms with E-state index in [9.17, 15) is 4.79 Å². The minimum absolute atomic E-state index is 0.0259. The topological polar surface area (TPSA) is 50.8 Å². The SMILES string of the molecule is Cc1cc(-c2ccc3c(c2)CC(C)(C)C3NC(=O)O[C@@H]2CN3CCC2CC3)cc(C)c1OC(C)C. The Hall–Kier alpha value is -2.53. The second kappa shape index (κ2) is 9.16. The van der Waals surface area contributed by atoms with Crippen LogP contribution in [0.2, 0.25) is 0 Å². The molecule has 3 fully saturated rings. The molecular formula is C30H40N2O3. The number of alkyl carbamates (subject to hydrolysis) is 1. The van der Waals surface area contributed by atoms with Crippen LogP contribution in [0.3, 0.4) is 0 Å². The van der Waals surface area contributed by atoms with Gasteiger partial charge in [-0.1, -0.05) is 32.0 Å². The second-order valence-electron chi connectivity index (χ2n) is 11.8. The maximum absolute atomic E-state index is 12.9. The molecule has 3 aliphatic heterocycles. The van der Waals surface area contributed by atoms with Gasteiger partial charge in [-0.2, -0.15) is 0 Å². The minimum atomic E-state index is -0.272. The smallest absolute Gasteiger partial charge is 0.407 e. The molecule has 1 unspecified atom stereocenters. The average Bonchev–Trinajstić information content (AvgIpc) is 3.05. The number of rotatable bonds is 5. The predicted molar refractivity (Wildman–Crippen MR) is 140 cm³/mol. The lowest BCUT2D eigenvalue weighted by Gasteiger charge is -2.44. The van der Waals surface area contributed by atoms with Gasteiger partial charge in [0.15, 0.2) is 0 Å². The van der Waals surface area contributed by atoms with Crippen molar-refractivity contribution >= 4 is 6.09 Å². The molecule has 5 nitrogen and oxygen atoms in total. The number of carbonyl (C=O) groups excluding carboxylic acids is 1. The Morgan fingerprint density at radius 1 is 1.06 bits per heavy atom. The molecule has 35 heavy (non-hydrogen) atoms. The van der Waals surface area contributed by atoms with Gasteiger partial charge in [0, 0.05) is 6.54 Å². The van der Waals surface area contributed by atoms with Crippen LogP contribution in [-0.4, -0.2) is 42.8 Å². The molecule has 1 aliphatic carbocycles. The fourth-order valence-electron chi connectivity index (χ4n) is 6.38. The molecule has 2 aromatic rings. The van der Waals surface area contributed by atoms with Crippen molar-refractivity contribution in [2.75, 3.05) is 19.6 Å². The van der Waals surface area contributed by atoms with Crippen LogP contribution < -0.4 is 10.1 Å². The van der Waals surface area contributed by atoms with Crippen molar-refractivity contribution in [3.63, 3.8) is 0 Å². The van der Waals surface area contributed by atoms with Gasteiger partial charge in [0.1, 0.15) is 11.9 Å². The number of hydrogen-bond donors (Lipinski definition) is 1. The summed E-state index contributed by atoms with van der Waals surface area (Å²) >= 11 is 0. The first-order valence-corrected chi connectivity index (χ1v) is 13.2. The average molecular weight is 477 g/mol. The van der Waals surface area contributed by atoms with Crippen molar-refractivity contribution in [3.05, 3.63) is 52.6 Å². The van der Waals surface area contributed by atoms with Gasteiger partial charge in [0.2, 0.25) is 0 Å². The molecule has 188 valence electrons. The number of nitrogens with zero attached hydrogens (tertiary/aromatic N) is 1. The highest BCUT2D eigenvalue weighted by molar-refractivity contribution is 5.71. The van der Waals surface area contributed by atoms with Crippen LogP contribution in [0, 0.1) is 25.2 Å². The Bertz CT molecular complexity index is 1090. The molecule has 0 aromatic heterocycles. The first kappa shape index (κ1) is 24.2. The van der Waals surface area contributed by atoms with E-state index in [-0.39, 0.29) is 29.8 Å². The molecule has 3 heterocycles. The Kier molecular flexibility index (Phi) is 6.33. The maximum Gasteiger partial charge on any atom is 0.407 e. The fourth-order valence-corrected chi connectivity index (χ4v) is 6.38. The van der Waals surface area contributed by atoms with Crippen LogP contribution in [0.5, 0.6) is 5.75 Å². The highest BCUT2D eigenvalue weighted by Gasteiger charge is 2.42. The number of amides is 1. The molecule has 5 heteroatoms. The molecule has 2 aromatic carbocycles. The van der Waals surface area contributed by atoms with E-state index in [2.05, 4.69) is 82.1 Å². The summed E-state index contributed by atoms with van der Waals surface area (Å²) in [5, 5.41) is 3.24. The predicted octanol–water partition coefficient (Wildman–Crippen LogP) is 6.20. The van der Waals surface area contributed by atoms with Crippen molar-refractivity contribution in [2.24, 2.45) is 11.3 Å². The van der Waals surface area contributed by atoms with E-state index in [0.29, 0.717) is 5.92 Å². The largest absolute Gasteiger partial charge is 0.490 e. The summed E-state index contributed by atoms with van der Waals surface area (Å²) < 4.78 is 12.0. The highest BCUT2D eigenvalue weighted by Crippen LogP contribution is 2.46.